The van der Waals surface area contributed by atoms with E-state index in [-0.39, 0.29) is 5.56 Å². The monoisotopic (exact) mass is 277 g/mol. The van der Waals surface area contributed by atoms with Crippen LogP contribution in [0.4, 0.5) is 5.69 Å². The van der Waals surface area contributed by atoms with E-state index in [4.69, 9.17) is 9.31 Å². The first kappa shape index (κ1) is 14.9. The Bertz CT molecular complexity index is 526. The normalized spacial score (nSPS) is 19.9. The molecule has 6 heteroatoms. The van der Waals surface area contributed by atoms with E-state index in [0.717, 1.165) is 0 Å². The van der Waals surface area contributed by atoms with Gasteiger partial charge in [0.1, 0.15) is 0 Å². The molecule has 108 valence electrons. The number of carbonyl (C=O) groups is 1. The van der Waals surface area contributed by atoms with Crippen molar-refractivity contribution in [2.24, 2.45) is 0 Å². The lowest BCUT2D eigenvalue weighted by molar-refractivity contribution is 0.00578. The molecule has 0 saturated carbocycles. The molecule has 0 radical (unpaired) electrons. The van der Waals surface area contributed by atoms with Crippen LogP contribution in [-0.2, 0) is 9.31 Å². The highest BCUT2D eigenvalue weighted by atomic mass is 16.7. The van der Waals surface area contributed by atoms with Gasteiger partial charge in [-0.2, -0.15) is 0 Å². The second-order valence-electron chi connectivity index (χ2n) is 5.91. The molecule has 1 saturated heterocycles. The lowest BCUT2D eigenvalue weighted by atomic mass is 9.74. The smallest absolute Gasteiger partial charge is 0.478 e. The van der Waals surface area contributed by atoms with E-state index in [1.807, 2.05) is 33.8 Å². The number of anilines is 1. The van der Waals surface area contributed by atoms with Crippen molar-refractivity contribution < 1.29 is 19.2 Å². The van der Waals surface area contributed by atoms with Gasteiger partial charge in [0.15, 0.2) is 0 Å². The third-order valence-electron chi connectivity index (χ3n) is 4.09. The summed E-state index contributed by atoms with van der Waals surface area (Å²) in [5.41, 5.74) is 0.405. The molecular weight excluding hydrogens is 257 g/mol. The summed E-state index contributed by atoms with van der Waals surface area (Å²) < 4.78 is 11.9. The minimum Gasteiger partial charge on any atom is -0.478 e. The van der Waals surface area contributed by atoms with Crippen LogP contribution in [0.3, 0.4) is 0 Å². The lowest BCUT2D eigenvalue weighted by Crippen LogP contribution is -2.41. The Hall–Kier alpha value is -1.53. The standard InChI is InChI=1S/C14H20BNO4/c1-13(2)14(3,4)20-15(19-13)11-9(12(17)18)7-6-8-10(11)16-5/h6-8,16H,1-5H3,(H,17,18). The van der Waals surface area contributed by atoms with E-state index in [0.29, 0.717) is 11.2 Å². The van der Waals surface area contributed by atoms with Crippen LogP contribution in [0.5, 0.6) is 0 Å². The molecule has 5 nitrogen and oxygen atoms in total. The van der Waals surface area contributed by atoms with E-state index < -0.39 is 24.3 Å². The Kier molecular flexibility index (Phi) is 3.56. The maximum absolute atomic E-state index is 11.4. The van der Waals surface area contributed by atoms with Gasteiger partial charge in [-0.15, -0.1) is 0 Å². The van der Waals surface area contributed by atoms with Crippen molar-refractivity contribution in [1.29, 1.82) is 0 Å². The zero-order chi connectivity index (χ0) is 15.1. The molecule has 1 fully saturated rings. The summed E-state index contributed by atoms with van der Waals surface area (Å²) in [5, 5.41) is 12.4. The zero-order valence-corrected chi connectivity index (χ0v) is 12.5. The van der Waals surface area contributed by atoms with Gasteiger partial charge < -0.3 is 19.7 Å². The molecule has 20 heavy (non-hydrogen) atoms. The number of hydrogen-bond acceptors (Lipinski definition) is 4. The fraction of sp³-hybridized carbons (Fsp3) is 0.500. The summed E-state index contributed by atoms with van der Waals surface area (Å²) in [6.45, 7) is 7.76. The molecule has 1 aromatic carbocycles. The van der Waals surface area contributed by atoms with Crippen LogP contribution in [0.15, 0.2) is 18.2 Å². The highest BCUT2D eigenvalue weighted by Crippen LogP contribution is 2.37. The van der Waals surface area contributed by atoms with Gasteiger partial charge in [0.25, 0.3) is 0 Å². The summed E-state index contributed by atoms with van der Waals surface area (Å²) in [6, 6.07) is 5.07. The highest BCUT2D eigenvalue weighted by Gasteiger charge is 2.53. The first-order valence-electron chi connectivity index (χ1n) is 6.59. The van der Waals surface area contributed by atoms with Crippen molar-refractivity contribution >= 4 is 24.2 Å². The van der Waals surface area contributed by atoms with Gasteiger partial charge in [-0.1, -0.05) is 6.07 Å². The summed E-state index contributed by atoms with van der Waals surface area (Å²) >= 11 is 0. The molecule has 2 N–H and O–H groups in total. The molecule has 0 aromatic heterocycles. The Morgan fingerprint density at radius 1 is 1.20 bits per heavy atom. The van der Waals surface area contributed by atoms with Crippen LogP contribution in [0, 0.1) is 0 Å². The first-order valence-corrected chi connectivity index (χ1v) is 6.59. The van der Waals surface area contributed by atoms with Gasteiger partial charge in [-0.3, -0.25) is 0 Å². The summed E-state index contributed by atoms with van der Waals surface area (Å²) in [4.78, 5) is 11.4. The van der Waals surface area contributed by atoms with Gasteiger partial charge >= 0.3 is 13.1 Å². The molecule has 0 aliphatic carbocycles. The highest BCUT2D eigenvalue weighted by molar-refractivity contribution is 6.65. The second-order valence-corrected chi connectivity index (χ2v) is 5.91. The van der Waals surface area contributed by atoms with E-state index in [2.05, 4.69) is 5.32 Å². The summed E-state index contributed by atoms with van der Waals surface area (Å²) in [6.07, 6.45) is 0. The Morgan fingerprint density at radius 2 is 1.75 bits per heavy atom. The first-order chi connectivity index (χ1) is 9.19. The van der Waals surface area contributed by atoms with Crippen molar-refractivity contribution in [3.05, 3.63) is 23.8 Å². The lowest BCUT2D eigenvalue weighted by Gasteiger charge is -2.32. The molecule has 0 amide bonds. The van der Waals surface area contributed by atoms with Crippen LogP contribution in [0.1, 0.15) is 38.1 Å². The third-order valence-corrected chi connectivity index (χ3v) is 4.09. The molecule has 0 spiro atoms. The minimum atomic E-state index is -0.994. The van der Waals surface area contributed by atoms with Gasteiger partial charge in [0, 0.05) is 18.2 Å². The molecular formula is C14H20BNO4. The fourth-order valence-corrected chi connectivity index (χ4v) is 2.18. The fourth-order valence-electron chi connectivity index (χ4n) is 2.18. The molecule has 0 unspecified atom stereocenters. The van der Waals surface area contributed by atoms with Crippen LogP contribution in [0.2, 0.25) is 0 Å². The van der Waals surface area contributed by atoms with E-state index >= 15 is 0 Å². The van der Waals surface area contributed by atoms with Gasteiger partial charge in [-0.05, 0) is 39.8 Å². The van der Waals surface area contributed by atoms with Crippen molar-refractivity contribution in [1.82, 2.24) is 0 Å². The van der Waals surface area contributed by atoms with Gasteiger partial charge in [0.05, 0.1) is 16.8 Å². The molecule has 1 aromatic rings. The topological polar surface area (TPSA) is 67.8 Å². The predicted octanol–water partition coefficient (Wildman–Crippen LogP) is 1.73. The van der Waals surface area contributed by atoms with Gasteiger partial charge in [-0.25, -0.2) is 4.79 Å². The quantitative estimate of drug-likeness (QED) is 0.823. The third kappa shape index (κ3) is 2.29. The predicted molar refractivity (Wildman–Crippen MR) is 78.7 cm³/mol. The Balaban J connectivity index is 2.51. The van der Waals surface area contributed by atoms with Crippen molar-refractivity contribution in [3.63, 3.8) is 0 Å². The minimum absolute atomic E-state index is 0.190. The van der Waals surface area contributed by atoms with E-state index in [1.54, 1.807) is 19.2 Å². The number of hydrogen-bond donors (Lipinski definition) is 2. The largest absolute Gasteiger partial charge is 0.497 e. The summed E-state index contributed by atoms with van der Waals surface area (Å²) in [7, 11) is 1.05. The number of benzene rings is 1. The molecule has 2 rings (SSSR count). The van der Waals surface area contributed by atoms with E-state index in [9.17, 15) is 9.90 Å². The molecule has 1 aliphatic heterocycles. The van der Waals surface area contributed by atoms with Crippen molar-refractivity contribution in [3.8, 4) is 0 Å². The average Bonchev–Trinajstić information content (AvgIpc) is 2.57. The number of carboxylic acids is 1. The SMILES string of the molecule is CNc1cccc(C(=O)O)c1B1OC(C)(C)C(C)(C)O1. The van der Waals surface area contributed by atoms with Crippen molar-refractivity contribution in [2.45, 2.75) is 38.9 Å². The average molecular weight is 277 g/mol. The maximum atomic E-state index is 11.4. The number of carboxylic acid groups (broad SMARTS) is 1. The molecule has 0 atom stereocenters. The molecule has 1 heterocycles. The molecule has 1 aliphatic rings. The van der Waals surface area contributed by atoms with Crippen LogP contribution < -0.4 is 10.8 Å². The molecule has 0 bridgehead atoms. The maximum Gasteiger partial charge on any atom is 0.497 e. The second kappa shape index (κ2) is 4.79. The van der Waals surface area contributed by atoms with Crippen molar-refractivity contribution in [2.75, 3.05) is 12.4 Å². The Morgan fingerprint density at radius 3 is 2.20 bits per heavy atom. The van der Waals surface area contributed by atoms with Crippen LogP contribution in [0.25, 0.3) is 0 Å². The zero-order valence-electron chi connectivity index (χ0n) is 12.5. The number of aromatic carboxylic acids is 1. The number of nitrogens with one attached hydrogen (secondary N) is 1. The Labute approximate surface area is 119 Å². The van der Waals surface area contributed by atoms with Crippen LogP contribution in [-0.4, -0.2) is 36.4 Å². The van der Waals surface area contributed by atoms with Crippen LogP contribution >= 0.6 is 0 Å². The number of rotatable bonds is 3. The van der Waals surface area contributed by atoms with Gasteiger partial charge in [0.2, 0.25) is 0 Å². The van der Waals surface area contributed by atoms with E-state index in [1.165, 1.54) is 0 Å². The summed E-state index contributed by atoms with van der Waals surface area (Å²) in [5.74, 6) is -0.994.